The van der Waals surface area contributed by atoms with Crippen LogP contribution >= 0.6 is 0 Å². The predicted octanol–water partition coefficient (Wildman–Crippen LogP) is -4.58. The minimum absolute atomic E-state index is 0.00185. The minimum atomic E-state index is -2.60. The summed E-state index contributed by atoms with van der Waals surface area (Å²) in [6, 6.07) is -11.2. The summed E-state index contributed by atoms with van der Waals surface area (Å²) in [5.74, 6) is -17.7. The van der Waals surface area contributed by atoms with Crippen LogP contribution < -0.4 is 81.0 Å². The van der Waals surface area contributed by atoms with Crippen LogP contribution in [-0.4, -0.2) is 214 Å². The molecule has 1 aliphatic heterocycles. The largest absolute Gasteiger partial charge is 0.453 e. The third-order valence-electron chi connectivity index (χ3n) is 15.4. The van der Waals surface area contributed by atoms with E-state index in [1.165, 1.54) is 44.2 Å². The maximum absolute atomic E-state index is 15.5. The number of cyclic esters (lactones) is 1. The lowest BCUT2D eigenvalue weighted by Gasteiger charge is -2.33. The number of nitrogens with two attached hydrogens (primary N) is 3. The van der Waals surface area contributed by atoms with Gasteiger partial charge in [0.1, 0.15) is 53.9 Å². The fourth-order valence-electron chi connectivity index (χ4n) is 9.79. The summed E-state index contributed by atoms with van der Waals surface area (Å²) in [7, 11) is 0. The fraction of sp³-hybridized carbons (Fsp3) is 0.683. The van der Waals surface area contributed by atoms with Gasteiger partial charge in [0.05, 0.1) is 31.4 Å². The second-order valence-electron chi connectivity index (χ2n) is 26.4. The van der Waals surface area contributed by atoms with Crippen molar-refractivity contribution in [2.24, 2.45) is 40.9 Å². The molecule has 0 spiro atoms. The van der Waals surface area contributed by atoms with E-state index in [1.54, 1.807) is 62.3 Å². The van der Waals surface area contributed by atoms with E-state index in [2.05, 4.69) is 53.2 Å². The summed E-state index contributed by atoms with van der Waals surface area (Å²) in [4.78, 5) is 183. The summed E-state index contributed by atoms with van der Waals surface area (Å²) >= 11 is 0. The number of aliphatic hydroxyl groups is 4. The number of nitrogens with one attached hydrogen (secondary N) is 13. The van der Waals surface area contributed by atoms with Crippen LogP contribution in [0.2, 0.25) is 0 Å². The van der Waals surface area contributed by atoms with Crippen molar-refractivity contribution in [3.8, 4) is 0 Å². The number of amides is 12. The Hall–Kier alpha value is -8.80. The average molecular weight is 1390 g/mol. The van der Waals surface area contributed by atoms with Gasteiger partial charge in [-0.15, -0.1) is 0 Å². The molecule has 15 atom stereocenters. The lowest BCUT2D eigenvalue weighted by atomic mass is 9.95. The van der Waals surface area contributed by atoms with Gasteiger partial charge < -0.3 is 111 Å². The van der Waals surface area contributed by atoms with E-state index in [9.17, 15) is 78.0 Å². The number of hydrogen-bond acceptors (Lipinski definition) is 21. The number of carbonyl (C=O) groups excluding carboxylic acids is 13. The van der Waals surface area contributed by atoms with Gasteiger partial charge in [0.15, 0.2) is 24.2 Å². The van der Waals surface area contributed by atoms with Crippen molar-refractivity contribution in [2.45, 2.75) is 225 Å². The minimum Gasteiger partial charge on any atom is -0.453 e. The van der Waals surface area contributed by atoms with Gasteiger partial charge in [-0.2, -0.15) is 0 Å². The van der Waals surface area contributed by atoms with Crippen LogP contribution in [0.5, 0.6) is 0 Å². The maximum atomic E-state index is 15.5. The van der Waals surface area contributed by atoms with Crippen molar-refractivity contribution in [2.75, 3.05) is 26.2 Å². The third kappa shape index (κ3) is 29.5. The quantitative estimate of drug-likeness (QED) is 0.0180. The number of rotatable bonds is 26. The van der Waals surface area contributed by atoms with E-state index in [0.29, 0.717) is 12.8 Å². The molecule has 35 nitrogen and oxygen atoms in total. The van der Waals surface area contributed by atoms with E-state index < -0.39 is 204 Å². The highest BCUT2D eigenvalue weighted by atomic mass is 16.6. The van der Waals surface area contributed by atoms with Crippen LogP contribution in [0.3, 0.4) is 0 Å². The van der Waals surface area contributed by atoms with Crippen LogP contribution in [0.15, 0.2) is 30.3 Å². The van der Waals surface area contributed by atoms with Crippen LogP contribution in [0.25, 0.3) is 0 Å². The first kappa shape index (κ1) is 85.3. The molecule has 0 bridgehead atoms. The van der Waals surface area contributed by atoms with Crippen molar-refractivity contribution in [3.05, 3.63) is 35.9 Å². The van der Waals surface area contributed by atoms with E-state index >= 15 is 4.79 Å². The van der Waals surface area contributed by atoms with E-state index in [1.807, 2.05) is 10.6 Å². The Balaban J connectivity index is 3.05. The molecule has 1 fully saturated rings. The normalized spacial score (nSPS) is 23.7. The smallest absolute Gasteiger partial charge is 0.407 e. The highest BCUT2D eigenvalue weighted by Crippen LogP contribution is 2.25. The van der Waals surface area contributed by atoms with Gasteiger partial charge in [-0.05, 0) is 102 Å². The maximum Gasteiger partial charge on any atom is 0.407 e. The number of carbonyl (C=O) groups is 13. The topological polar surface area (TPSA) is 568 Å². The van der Waals surface area contributed by atoms with E-state index in [-0.39, 0.29) is 63.1 Å². The van der Waals surface area contributed by atoms with Gasteiger partial charge in [-0.1, -0.05) is 92.1 Å². The molecule has 1 heterocycles. The number of ether oxygens (including phenoxy) is 2. The Bertz CT molecular complexity index is 2880. The van der Waals surface area contributed by atoms with Crippen molar-refractivity contribution in [1.29, 1.82) is 5.41 Å². The predicted molar refractivity (Wildman–Crippen MR) is 354 cm³/mol. The molecule has 1 aromatic rings. The van der Waals surface area contributed by atoms with Gasteiger partial charge in [-0.25, -0.2) is 9.59 Å². The number of esters is 1. The first-order valence-electron chi connectivity index (χ1n) is 32.7. The SMILES string of the molecule is CC[C@H](C)C1NC(=O)[C@@H](CCCNC(=N)N)NC(=O)[C@H](CC(C)C)NC(=O)[C@H]([C@H](O)C(C)C)NC(=O)[C@@H](NC(=O)[C@H](CC(C)C)NC(=O)[C@H](N)CCCCNC(=O)OC(C)(C)C)[C@@H](c2ccccc2)OC(=O)[C@H](CO)NC(=O)[C@H]([C@H](O)C(N)=O)NC(=O)CNC(=O)C([C@H](C)O)NC1=O. The second kappa shape index (κ2) is 41.5. The zero-order valence-electron chi connectivity index (χ0n) is 57.9. The van der Waals surface area contributed by atoms with Gasteiger partial charge in [0.2, 0.25) is 65.0 Å². The number of guanidine groups is 1. The molecular formula is C63H106N16O19. The molecule has 23 N–H and O–H groups in total. The fourth-order valence-corrected chi connectivity index (χ4v) is 9.79. The number of unbranched alkanes of at least 4 members (excludes halogenated alkanes) is 1. The highest BCUT2D eigenvalue weighted by Gasteiger charge is 2.44. The Morgan fingerprint density at radius 3 is 1.79 bits per heavy atom. The summed E-state index contributed by atoms with van der Waals surface area (Å²) in [6.45, 7) is 16.9. The molecule has 0 radical (unpaired) electrons. The standard InChI is InChI=1S/C63H106N16O19/c1-13-33(8)42-56(91)77-43(34(9)81)55(90)70-28-41(82)75-45(48(84)50(65)85)58(93)74-40(29-80)60(95)97-49(35-20-15-14-16-21-35)46(79-54(89)39(27-31(4)5)72-51(86)36(64)22-17-18-24-69-62(96)98-63(10,11)12)59(94)78-44(47(83)32(6)7)57(92)73-38(26-30(2)3)53(88)71-37(52(87)76-42)23-19-25-68-61(66)67/h14-16,20-21,30-34,36-40,42-49,80-81,83-84H,13,17-19,22-29,64H2,1-12H3,(H2,65,85)(H,69,96)(H,70,90)(H,71,88)(H,72,86)(H,73,92)(H,74,93)(H,75,82)(H,76,87)(H,77,91)(H,78,94)(H,79,89)(H4,66,67,68)/t33-,34-,36+,37+,38-,39-,40-,42?,43?,44-,45-,46-,47+,48-,49+/m0/s1. The molecule has 2 unspecified atom stereocenters. The second-order valence-corrected chi connectivity index (χ2v) is 26.4. The zero-order chi connectivity index (χ0) is 74.5. The number of primary amides is 1. The van der Waals surface area contributed by atoms with Crippen molar-refractivity contribution in [3.63, 3.8) is 0 Å². The summed E-state index contributed by atoms with van der Waals surface area (Å²) in [5, 5.41) is 81.0. The van der Waals surface area contributed by atoms with E-state index in [0.717, 1.165) is 6.92 Å². The van der Waals surface area contributed by atoms with Gasteiger partial charge in [0.25, 0.3) is 0 Å². The van der Waals surface area contributed by atoms with Crippen molar-refractivity contribution < 1.29 is 92.2 Å². The molecule has 35 heteroatoms. The number of hydrogen-bond donors (Lipinski definition) is 20. The molecule has 12 amide bonds. The third-order valence-corrected chi connectivity index (χ3v) is 15.4. The Kier molecular flexibility index (Phi) is 36.1. The van der Waals surface area contributed by atoms with Crippen LogP contribution in [0.1, 0.15) is 146 Å². The summed E-state index contributed by atoms with van der Waals surface area (Å²) in [6.07, 6.45) is -8.37. The lowest BCUT2D eigenvalue weighted by molar-refractivity contribution is -0.159. The molecule has 98 heavy (non-hydrogen) atoms. The molecule has 0 aliphatic carbocycles. The Morgan fingerprint density at radius 2 is 1.23 bits per heavy atom. The first-order valence-corrected chi connectivity index (χ1v) is 32.7. The Morgan fingerprint density at radius 1 is 0.673 bits per heavy atom. The molecular weight excluding hydrogens is 1280 g/mol. The number of aliphatic hydroxyl groups excluding tert-OH is 4. The summed E-state index contributed by atoms with van der Waals surface area (Å²) < 4.78 is 11.2. The molecule has 0 aromatic heterocycles. The highest BCUT2D eigenvalue weighted by molar-refractivity contribution is 6.00. The summed E-state index contributed by atoms with van der Waals surface area (Å²) in [5.41, 5.74) is 16.3. The van der Waals surface area contributed by atoms with Gasteiger partial charge in [-0.3, -0.25) is 58.1 Å². The van der Waals surface area contributed by atoms with E-state index in [4.69, 9.17) is 32.1 Å². The van der Waals surface area contributed by atoms with Crippen LogP contribution in [0, 0.1) is 29.1 Å². The average Bonchev–Trinajstić information content (AvgIpc) is 0.816. The zero-order valence-corrected chi connectivity index (χ0v) is 57.9. The monoisotopic (exact) mass is 1390 g/mol. The van der Waals surface area contributed by atoms with Crippen LogP contribution in [0.4, 0.5) is 4.79 Å². The molecule has 552 valence electrons. The Labute approximate surface area is 570 Å². The van der Waals surface area contributed by atoms with Crippen molar-refractivity contribution >= 4 is 83.0 Å². The molecule has 0 saturated carbocycles. The molecule has 1 aromatic carbocycles. The number of alkyl carbamates (subject to hydrolysis) is 1. The lowest BCUT2D eigenvalue weighted by Crippen LogP contribution is -2.64. The van der Waals surface area contributed by atoms with Gasteiger partial charge >= 0.3 is 12.1 Å². The molecule has 2 rings (SSSR count). The van der Waals surface area contributed by atoms with Crippen LogP contribution in [-0.2, 0) is 67.0 Å². The van der Waals surface area contributed by atoms with Gasteiger partial charge in [0, 0.05) is 13.1 Å². The van der Waals surface area contributed by atoms with Crippen molar-refractivity contribution in [1.82, 2.24) is 63.8 Å². The first-order chi connectivity index (χ1) is 45.7. The molecule has 1 aliphatic rings. The number of benzene rings is 1. The molecule has 1 saturated heterocycles.